The lowest BCUT2D eigenvalue weighted by molar-refractivity contribution is -0.129. The molecule has 6 nitrogen and oxygen atoms in total. The maximum Gasteiger partial charge on any atom is 0.363 e. The van der Waals surface area contributed by atoms with Gasteiger partial charge in [-0.15, -0.1) is 0 Å². The number of rotatable bonds is 7. The number of benzene rings is 3. The standard InChI is InChI=1S/C25H17BrINO5/c1-31-22-13-15(11-19(27)23(22)32-14-21(29)16-5-3-2-4-6-16)12-20-25(30)33-24(28-20)17-7-9-18(26)10-8-17/h2-13H,14H2,1H3/b20-12-. The van der Waals surface area contributed by atoms with Gasteiger partial charge in [-0.05, 0) is 70.6 Å². The summed E-state index contributed by atoms with van der Waals surface area (Å²) in [6.07, 6.45) is 1.62. The van der Waals surface area contributed by atoms with E-state index in [0.717, 1.165) is 8.04 Å². The monoisotopic (exact) mass is 617 g/mol. The fraction of sp³-hybridized carbons (Fsp3) is 0.0800. The highest BCUT2D eigenvalue weighted by atomic mass is 127. The molecule has 166 valence electrons. The van der Waals surface area contributed by atoms with Crippen LogP contribution in [0.2, 0.25) is 0 Å². The number of carbonyl (C=O) groups is 2. The van der Waals surface area contributed by atoms with Gasteiger partial charge in [-0.2, -0.15) is 0 Å². The van der Waals surface area contributed by atoms with Crippen LogP contribution in [0.1, 0.15) is 21.5 Å². The van der Waals surface area contributed by atoms with Crippen LogP contribution in [0.25, 0.3) is 6.08 Å². The molecule has 4 rings (SSSR count). The third-order valence-corrected chi connectivity index (χ3v) is 6.04. The summed E-state index contributed by atoms with van der Waals surface area (Å²) in [5, 5.41) is 0. The first-order chi connectivity index (χ1) is 15.9. The molecule has 0 saturated carbocycles. The fourth-order valence-corrected chi connectivity index (χ4v) is 4.14. The maximum absolute atomic E-state index is 12.4. The van der Waals surface area contributed by atoms with Gasteiger partial charge < -0.3 is 14.2 Å². The molecule has 1 aliphatic heterocycles. The number of nitrogens with zero attached hydrogens (tertiary/aromatic N) is 1. The number of carbonyl (C=O) groups excluding carboxylic acids is 2. The van der Waals surface area contributed by atoms with Crippen LogP contribution in [0.4, 0.5) is 0 Å². The Morgan fingerprint density at radius 3 is 2.55 bits per heavy atom. The Balaban J connectivity index is 1.56. The van der Waals surface area contributed by atoms with Gasteiger partial charge in [-0.1, -0.05) is 46.3 Å². The zero-order chi connectivity index (χ0) is 23.4. The molecule has 0 atom stereocenters. The third-order valence-electron chi connectivity index (χ3n) is 4.71. The second-order valence-corrected chi connectivity index (χ2v) is 9.03. The molecule has 0 N–H and O–H groups in total. The van der Waals surface area contributed by atoms with Gasteiger partial charge in [-0.3, -0.25) is 4.79 Å². The average molecular weight is 618 g/mol. The van der Waals surface area contributed by atoms with Crippen LogP contribution in [0.5, 0.6) is 11.5 Å². The van der Waals surface area contributed by atoms with E-state index >= 15 is 0 Å². The van der Waals surface area contributed by atoms with Gasteiger partial charge in [0.2, 0.25) is 5.90 Å². The van der Waals surface area contributed by atoms with Crippen LogP contribution in [-0.4, -0.2) is 31.4 Å². The van der Waals surface area contributed by atoms with Gasteiger partial charge in [0.15, 0.2) is 29.6 Å². The minimum Gasteiger partial charge on any atom is -0.493 e. The van der Waals surface area contributed by atoms with Crippen molar-refractivity contribution in [3.8, 4) is 11.5 Å². The van der Waals surface area contributed by atoms with Crippen molar-refractivity contribution >= 4 is 62.2 Å². The second-order valence-electron chi connectivity index (χ2n) is 6.95. The number of cyclic esters (lactones) is 1. The molecule has 33 heavy (non-hydrogen) atoms. The van der Waals surface area contributed by atoms with Crippen molar-refractivity contribution in [3.63, 3.8) is 0 Å². The Kier molecular flexibility index (Phi) is 7.24. The molecule has 0 radical (unpaired) electrons. The normalized spacial score (nSPS) is 14.1. The van der Waals surface area contributed by atoms with Crippen molar-refractivity contribution in [1.29, 1.82) is 0 Å². The number of hydrogen-bond acceptors (Lipinski definition) is 6. The molecule has 1 heterocycles. The Bertz CT molecular complexity index is 1270. The largest absolute Gasteiger partial charge is 0.493 e. The summed E-state index contributed by atoms with van der Waals surface area (Å²) < 4.78 is 18.2. The molecule has 0 unspecified atom stereocenters. The average Bonchev–Trinajstić information content (AvgIpc) is 3.18. The van der Waals surface area contributed by atoms with Crippen LogP contribution >= 0.6 is 38.5 Å². The highest BCUT2D eigenvalue weighted by Gasteiger charge is 2.24. The van der Waals surface area contributed by atoms with E-state index < -0.39 is 5.97 Å². The molecule has 0 amide bonds. The molecule has 0 saturated heterocycles. The van der Waals surface area contributed by atoms with Gasteiger partial charge in [-0.25, -0.2) is 9.79 Å². The predicted molar refractivity (Wildman–Crippen MR) is 137 cm³/mol. The van der Waals surface area contributed by atoms with Crippen LogP contribution in [-0.2, 0) is 9.53 Å². The number of methoxy groups -OCH3 is 1. The zero-order valence-corrected chi connectivity index (χ0v) is 21.1. The van der Waals surface area contributed by atoms with Crippen LogP contribution < -0.4 is 9.47 Å². The first kappa shape index (κ1) is 23.2. The van der Waals surface area contributed by atoms with Gasteiger partial charge in [0, 0.05) is 15.6 Å². The van der Waals surface area contributed by atoms with Crippen LogP contribution in [0.15, 0.2) is 81.9 Å². The molecule has 3 aromatic rings. The topological polar surface area (TPSA) is 74.2 Å². The Morgan fingerprint density at radius 2 is 1.85 bits per heavy atom. The summed E-state index contributed by atoms with van der Waals surface area (Å²) in [5.74, 6) is 0.481. The molecular formula is C25H17BrINO5. The van der Waals surface area contributed by atoms with E-state index in [1.807, 2.05) is 36.4 Å². The smallest absolute Gasteiger partial charge is 0.363 e. The van der Waals surface area contributed by atoms with E-state index in [1.165, 1.54) is 7.11 Å². The second kappa shape index (κ2) is 10.3. The van der Waals surface area contributed by atoms with E-state index in [9.17, 15) is 9.59 Å². The molecule has 1 aliphatic rings. The lowest BCUT2D eigenvalue weighted by Gasteiger charge is -2.13. The van der Waals surface area contributed by atoms with Crippen molar-refractivity contribution in [1.82, 2.24) is 0 Å². The SMILES string of the molecule is COc1cc(/C=C2\N=C(c3ccc(Br)cc3)OC2=O)cc(I)c1OCC(=O)c1ccccc1. The maximum atomic E-state index is 12.4. The van der Waals surface area contributed by atoms with Crippen LogP contribution in [0.3, 0.4) is 0 Å². The summed E-state index contributed by atoms with van der Waals surface area (Å²) in [7, 11) is 1.52. The van der Waals surface area contributed by atoms with Crippen molar-refractivity contribution in [3.05, 3.63) is 97.2 Å². The lowest BCUT2D eigenvalue weighted by atomic mass is 10.1. The molecule has 0 spiro atoms. The third kappa shape index (κ3) is 5.51. The zero-order valence-electron chi connectivity index (χ0n) is 17.4. The molecule has 3 aromatic carbocycles. The number of ether oxygens (including phenoxy) is 3. The first-order valence-corrected chi connectivity index (χ1v) is 11.7. The molecule has 0 fully saturated rings. The predicted octanol–water partition coefficient (Wildman–Crippen LogP) is 5.67. The van der Waals surface area contributed by atoms with Crippen LogP contribution in [0, 0.1) is 3.57 Å². The molecule has 0 aromatic heterocycles. The van der Waals surface area contributed by atoms with Gasteiger partial charge in [0.1, 0.15) is 0 Å². The highest BCUT2D eigenvalue weighted by Crippen LogP contribution is 2.35. The molecule has 0 bridgehead atoms. The Labute approximate surface area is 212 Å². The highest BCUT2D eigenvalue weighted by molar-refractivity contribution is 14.1. The minimum atomic E-state index is -0.532. The number of hydrogen-bond donors (Lipinski definition) is 0. The van der Waals surface area contributed by atoms with E-state index in [2.05, 4.69) is 43.5 Å². The molecule has 8 heteroatoms. The van der Waals surface area contributed by atoms with E-state index in [0.29, 0.717) is 28.2 Å². The number of ketones is 1. The Morgan fingerprint density at radius 1 is 1.12 bits per heavy atom. The summed E-state index contributed by atoms with van der Waals surface area (Å²) in [5.41, 5.74) is 2.14. The molecule has 0 aliphatic carbocycles. The van der Waals surface area contributed by atoms with Crippen molar-refractivity contribution in [2.45, 2.75) is 0 Å². The van der Waals surface area contributed by atoms with E-state index in [1.54, 1.807) is 36.4 Å². The summed E-state index contributed by atoms with van der Waals surface area (Å²) in [4.78, 5) is 29.1. The van der Waals surface area contributed by atoms with E-state index in [4.69, 9.17) is 14.2 Å². The lowest BCUT2D eigenvalue weighted by Crippen LogP contribution is -2.12. The summed E-state index contributed by atoms with van der Waals surface area (Å²) >= 11 is 5.48. The van der Waals surface area contributed by atoms with Gasteiger partial charge >= 0.3 is 5.97 Å². The van der Waals surface area contributed by atoms with Gasteiger partial charge in [0.05, 0.1) is 10.7 Å². The first-order valence-electron chi connectivity index (χ1n) is 9.81. The number of aliphatic imine (C=N–C) groups is 1. The number of halogens is 2. The van der Waals surface area contributed by atoms with Gasteiger partial charge in [0.25, 0.3) is 0 Å². The quantitative estimate of drug-likeness (QED) is 0.148. The number of Topliss-reactive ketones (excluding diaryl/α,β-unsaturated/α-hetero) is 1. The summed E-state index contributed by atoms with van der Waals surface area (Å²) in [6.45, 7) is -0.121. The van der Waals surface area contributed by atoms with Crippen molar-refractivity contribution in [2.24, 2.45) is 4.99 Å². The van der Waals surface area contributed by atoms with Crippen molar-refractivity contribution < 1.29 is 23.8 Å². The Hall–Kier alpha value is -2.98. The van der Waals surface area contributed by atoms with Crippen molar-refractivity contribution in [2.75, 3.05) is 13.7 Å². The fourth-order valence-electron chi connectivity index (χ4n) is 3.09. The summed E-state index contributed by atoms with van der Waals surface area (Å²) in [6, 6.07) is 19.8. The molecular weight excluding hydrogens is 601 g/mol. The minimum absolute atomic E-state index is 0.121. The van der Waals surface area contributed by atoms with E-state index in [-0.39, 0.29) is 24.0 Å². The number of esters is 1.